The monoisotopic (exact) mass is 751 g/mol. The van der Waals surface area contributed by atoms with Gasteiger partial charge >= 0.3 is 0 Å². The Hall–Kier alpha value is -5.16. The van der Waals surface area contributed by atoms with Crippen molar-refractivity contribution in [3.8, 4) is 11.3 Å². The van der Waals surface area contributed by atoms with Gasteiger partial charge in [-0.2, -0.15) is 5.10 Å². The van der Waals surface area contributed by atoms with Crippen LogP contribution in [0.15, 0.2) is 72.3 Å². The molecular formula is C44H61N7O4. The number of aromatic nitrogens is 4. The largest absolute Gasteiger partial charge is 0.378 e. The van der Waals surface area contributed by atoms with Crippen LogP contribution in [-0.4, -0.2) is 69.3 Å². The Labute approximate surface area is 327 Å². The average Bonchev–Trinajstić information content (AvgIpc) is 3.18. The highest BCUT2D eigenvalue weighted by atomic mass is 16.5. The molecule has 11 nitrogen and oxygen atoms in total. The summed E-state index contributed by atoms with van der Waals surface area (Å²) in [4.78, 5) is 52.1. The van der Waals surface area contributed by atoms with E-state index < -0.39 is 0 Å². The lowest BCUT2D eigenvalue weighted by molar-refractivity contribution is 0.0302. The van der Waals surface area contributed by atoms with Gasteiger partial charge in [0.05, 0.1) is 30.0 Å². The molecule has 1 N–H and O–H groups in total. The van der Waals surface area contributed by atoms with Crippen LogP contribution in [0.3, 0.4) is 0 Å². The summed E-state index contributed by atoms with van der Waals surface area (Å²) in [6.45, 7) is 24.9. The Morgan fingerprint density at radius 1 is 0.964 bits per heavy atom. The van der Waals surface area contributed by atoms with Crippen molar-refractivity contribution in [3.63, 3.8) is 0 Å². The summed E-state index contributed by atoms with van der Waals surface area (Å²) >= 11 is 0. The number of fused-ring (bicyclic) bond motifs is 1. The van der Waals surface area contributed by atoms with E-state index in [-0.39, 0.29) is 28.5 Å². The van der Waals surface area contributed by atoms with E-state index in [4.69, 9.17) is 4.74 Å². The molecule has 0 unspecified atom stereocenters. The van der Waals surface area contributed by atoms with Crippen LogP contribution in [0.4, 0.5) is 17.2 Å². The molecule has 0 atom stereocenters. The maximum atomic E-state index is 13.7. The van der Waals surface area contributed by atoms with Crippen LogP contribution >= 0.6 is 0 Å². The van der Waals surface area contributed by atoms with E-state index in [1.165, 1.54) is 23.7 Å². The summed E-state index contributed by atoms with van der Waals surface area (Å²) in [5.41, 5.74) is 5.97. The number of nitrogens with one attached hydrogen (secondary N) is 1. The molecule has 3 aromatic heterocycles. The molecule has 0 saturated carbocycles. The number of pyridine rings is 2. The topological polar surface area (TPSA) is 123 Å². The van der Waals surface area contributed by atoms with Gasteiger partial charge in [-0.15, -0.1) is 6.58 Å². The molecular weight excluding hydrogens is 691 g/mol. The van der Waals surface area contributed by atoms with Gasteiger partial charge in [-0.3, -0.25) is 19.4 Å². The van der Waals surface area contributed by atoms with Crippen LogP contribution in [0.2, 0.25) is 0 Å². The molecule has 4 aromatic rings. The van der Waals surface area contributed by atoms with Crippen molar-refractivity contribution in [3.05, 3.63) is 106 Å². The number of benzene rings is 1. The van der Waals surface area contributed by atoms with Gasteiger partial charge in [0.1, 0.15) is 11.5 Å². The van der Waals surface area contributed by atoms with Gasteiger partial charge in [0.25, 0.3) is 17.4 Å². The number of hydrogen-bond acceptors (Lipinski definition) is 8. The van der Waals surface area contributed by atoms with Gasteiger partial charge in [-0.05, 0) is 61.2 Å². The smallest absolute Gasteiger partial charge is 0.290 e. The molecule has 296 valence electrons. The summed E-state index contributed by atoms with van der Waals surface area (Å²) in [5.74, 6) is 0.243. The highest BCUT2D eigenvalue weighted by molar-refractivity contribution is 6.08. The zero-order valence-corrected chi connectivity index (χ0v) is 34.7. The predicted molar refractivity (Wildman–Crippen MR) is 225 cm³/mol. The first-order chi connectivity index (χ1) is 26.3. The maximum absolute atomic E-state index is 13.7. The molecule has 1 saturated heterocycles. The summed E-state index contributed by atoms with van der Waals surface area (Å²) in [6.07, 6.45) is 9.50. The number of rotatable bonds is 7. The Morgan fingerprint density at radius 2 is 1.65 bits per heavy atom. The minimum atomic E-state index is -0.326. The summed E-state index contributed by atoms with van der Waals surface area (Å²) in [5, 5.41) is 7.64. The quantitative estimate of drug-likeness (QED) is 0.186. The second kappa shape index (κ2) is 21.1. The van der Waals surface area contributed by atoms with Gasteiger partial charge in [0.15, 0.2) is 0 Å². The Balaban J connectivity index is 0.000000732. The van der Waals surface area contributed by atoms with Crippen molar-refractivity contribution in [1.82, 2.24) is 24.6 Å². The lowest BCUT2D eigenvalue weighted by Crippen LogP contribution is -2.40. The van der Waals surface area contributed by atoms with Gasteiger partial charge in [-0.25, -0.2) is 9.67 Å². The SMILES string of the molecule is C=CCCC.CC.CCC.Cc1c(-c2cc(Nc3ccc(C(=O)N4CCOCC4)cn3)c(=O)n(C)n2)cccc1N1CCc2cc(C(C)(C)C)ncc2C1=O. The number of ether oxygens (including phenoxy) is 1. The first kappa shape index (κ1) is 44.2. The van der Waals surface area contributed by atoms with Crippen molar-refractivity contribution >= 4 is 29.0 Å². The van der Waals surface area contributed by atoms with Gasteiger partial charge in [0, 0.05) is 61.4 Å². The molecule has 0 radical (unpaired) electrons. The molecule has 2 amide bonds. The van der Waals surface area contributed by atoms with Crippen molar-refractivity contribution < 1.29 is 14.3 Å². The molecule has 1 aromatic carbocycles. The van der Waals surface area contributed by atoms with Crippen LogP contribution in [0.1, 0.15) is 112 Å². The van der Waals surface area contributed by atoms with Crippen molar-refractivity contribution in [2.24, 2.45) is 7.05 Å². The second-order valence-corrected chi connectivity index (χ2v) is 14.3. The highest BCUT2D eigenvalue weighted by Crippen LogP contribution is 2.34. The zero-order valence-electron chi connectivity index (χ0n) is 34.7. The summed E-state index contributed by atoms with van der Waals surface area (Å²) in [6, 6.07) is 12.9. The molecule has 6 rings (SSSR count). The predicted octanol–water partition coefficient (Wildman–Crippen LogP) is 8.68. The number of allylic oxidation sites excluding steroid dienone is 1. The highest BCUT2D eigenvalue weighted by Gasteiger charge is 2.29. The number of aryl methyl sites for hydroxylation is 1. The number of anilines is 3. The standard InChI is InChI=1S/C34H37N7O4.C5H10.C3H8.C2H6/c1-21-24(7-6-8-28(21)41-12-11-22-17-29(34(2,3)4)35-20-25(22)32(41)43)26-18-27(33(44)39(5)38-26)37-30-10-9-23(19-36-30)31(42)40-13-15-45-16-14-40;1-3-5-4-2;1-3-2;1-2/h6-10,17-20H,11-16H2,1-5H3,(H,36,37);3H,1,4-5H2,2H3;3H2,1-2H3;1-2H3. The number of carbonyl (C=O) groups excluding carboxylic acids is 2. The normalized spacial score (nSPS) is 13.5. The molecule has 5 heterocycles. The van der Waals surface area contributed by atoms with Crippen molar-refractivity contribution in [1.29, 1.82) is 0 Å². The number of unbranched alkanes of at least 4 members (excludes halogenated alkanes) is 1. The third-order valence-corrected chi connectivity index (χ3v) is 8.84. The van der Waals surface area contributed by atoms with E-state index >= 15 is 0 Å². The fraction of sp³-hybridized carbons (Fsp3) is 0.455. The number of amides is 2. The summed E-state index contributed by atoms with van der Waals surface area (Å²) in [7, 11) is 1.59. The summed E-state index contributed by atoms with van der Waals surface area (Å²) < 4.78 is 6.61. The van der Waals surface area contributed by atoms with Gasteiger partial charge in [0.2, 0.25) is 0 Å². The number of nitrogens with zero attached hydrogens (tertiary/aromatic N) is 6. The third kappa shape index (κ3) is 11.4. The Kier molecular flexibility index (Phi) is 16.9. The third-order valence-electron chi connectivity index (χ3n) is 8.84. The number of morpholine rings is 1. The van der Waals surface area contributed by atoms with Gasteiger partial charge < -0.3 is 19.9 Å². The van der Waals surface area contributed by atoms with E-state index in [1.54, 1.807) is 41.2 Å². The lowest BCUT2D eigenvalue weighted by atomic mass is 9.88. The van der Waals surface area contributed by atoms with Crippen molar-refractivity contribution in [2.45, 2.75) is 93.4 Å². The maximum Gasteiger partial charge on any atom is 0.290 e. The fourth-order valence-corrected chi connectivity index (χ4v) is 5.92. The van der Waals surface area contributed by atoms with E-state index in [1.807, 2.05) is 45.0 Å². The first-order valence-electron chi connectivity index (χ1n) is 19.5. The Bertz CT molecular complexity index is 1940. The zero-order chi connectivity index (χ0) is 40.7. The van der Waals surface area contributed by atoms with Crippen molar-refractivity contribution in [2.75, 3.05) is 43.1 Å². The Morgan fingerprint density at radius 3 is 2.24 bits per heavy atom. The van der Waals surface area contributed by atoms with Crippen LogP contribution in [-0.2, 0) is 23.6 Å². The van der Waals surface area contributed by atoms with E-state index in [0.717, 1.165) is 40.9 Å². The van der Waals surface area contributed by atoms with Crippen LogP contribution in [0, 0.1) is 6.92 Å². The molecule has 0 bridgehead atoms. The molecule has 0 aliphatic carbocycles. The molecule has 11 heteroatoms. The number of hydrogen-bond donors (Lipinski definition) is 1. The molecule has 55 heavy (non-hydrogen) atoms. The lowest BCUT2D eigenvalue weighted by Gasteiger charge is -2.31. The number of carbonyl (C=O) groups is 2. The van der Waals surface area contributed by atoms with E-state index in [0.29, 0.717) is 55.5 Å². The van der Waals surface area contributed by atoms with E-state index in [9.17, 15) is 14.4 Å². The molecule has 2 aliphatic heterocycles. The molecule has 0 spiro atoms. The van der Waals surface area contributed by atoms with Gasteiger partial charge in [-0.1, -0.05) is 86.4 Å². The van der Waals surface area contributed by atoms with E-state index in [2.05, 4.69) is 74.6 Å². The second-order valence-electron chi connectivity index (χ2n) is 14.3. The minimum absolute atomic E-state index is 0.0816. The average molecular weight is 752 g/mol. The minimum Gasteiger partial charge on any atom is -0.378 e. The van der Waals surface area contributed by atoms with Crippen LogP contribution < -0.4 is 15.8 Å². The first-order valence-corrected chi connectivity index (χ1v) is 19.5. The molecule has 2 aliphatic rings. The van der Waals surface area contributed by atoms with Crippen LogP contribution in [0.5, 0.6) is 0 Å². The van der Waals surface area contributed by atoms with Crippen LogP contribution in [0.25, 0.3) is 11.3 Å². The molecule has 1 fully saturated rings. The fourth-order valence-electron chi connectivity index (χ4n) is 5.92.